The monoisotopic (exact) mass is 557 g/mol. The number of halogens is 1. The highest BCUT2D eigenvalue weighted by Crippen LogP contribution is 2.41. The maximum atomic E-state index is 13.3. The van der Waals surface area contributed by atoms with Crippen molar-refractivity contribution in [1.82, 2.24) is 19.8 Å². The van der Waals surface area contributed by atoms with Crippen molar-refractivity contribution in [2.24, 2.45) is 0 Å². The van der Waals surface area contributed by atoms with Gasteiger partial charge in [0.15, 0.2) is 5.11 Å². The number of aromatic carboxylic acids is 1. The summed E-state index contributed by atoms with van der Waals surface area (Å²) >= 11 is 5.75. The summed E-state index contributed by atoms with van der Waals surface area (Å²) in [6, 6.07) is 19.7. The quantitative estimate of drug-likeness (QED) is 0.252. The van der Waals surface area contributed by atoms with E-state index in [1.165, 1.54) is 24.3 Å². The minimum atomic E-state index is -0.991. The van der Waals surface area contributed by atoms with Crippen molar-refractivity contribution in [2.45, 2.75) is 32.4 Å². The zero-order chi connectivity index (χ0) is 28.4. The first-order valence-corrected chi connectivity index (χ1v) is 13.2. The van der Waals surface area contributed by atoms with E-state index in [2.05, 4.69) is 21.7 Å². The standard InChI is InChI=1S/C30H28FN5O3S/c1-18-16-24(19(2)36(18)23-7-5-6-20(17-23)29(38)39)28-27(25-8-3-4-14-32-25)34-30(40)35(28)15-13-26(37)33-22-11-9-21(31)10-12-22/h3-12,14,16-17,27-28H,13,15H2,1-2H3,(H,33,37)(H,34,40)(H,38,39)/t27-,28-/m0/s1. The Balaban J connectivity index is 1.48. The molecule has 1 fully saturated rings. The van der Waals surface area contributed by atoms with Crippen LogP contribution in [0.15, 0.2) is 79.0 Å². The first-order chi connectivity index (χ1) is 19.2. The number of carbonyl (C=O) groups is 2. The van der Waals surface area contributed by atoms with Crippen molar-refractivity contribution >= 4 is 34.9 Å². The summed E-state index contributed by atoms with van der Waals surface area (Å²) in [4.78, 5) is 31.0. The maximum absolute atomic E-state index is 13.3. The van der Waals surface area contributed by atoms with Gasteiger partial charge in [0.25, 0.3) is 0 Å². The SMILES string of the molecule is Cc1cc([C@H]2[C@H](c3ccccn3)NC(=S)N2CCC(=O)Nc2ccc(F)cc2)c(C)n1-c1cccc(C(=O)O)c1. The van der Waals surface area contributed by atoms with Crippen LogP contribution >= 0.6 is 12.2 Å². The van der Waals surface area contributed by atoms with Gasteiger partial charge < -0.3 is 25.2 Å². The van der Waals surface area contributed by atoms with Crippen LogP contribution in [0.2, 0.25) is 0 Å². The second kappa shape index (κ2) is 11.3. The molecule has 4 aromatic rings. The van der Waals surface area contributed by atoms with Gasteiger partial charge >= 0.3 is 5.97 Å². The highest BCUT2D eigenvalue weighted by Gasteiger charge is 2.41. The fourth-order valence-corrected chi connectivity index (χ4v) is 5.56. The number of anilines is 1. The number of thiocarbonyl (C=S) groups is 1. The zero-order valence-electron chi connectivity index (χ0n) is 22.0. The number of amides is 1. The van der Waals surface area contributed by atoms with E-state index in [4.69, 9.17) is 12.2 Å². The van der Waals surface area contributed by atoms with Crippen molar-refractivity contribution < 1.29 is 19.1 Å². The molecule has 2 aromatic heterocycles. The number of hydrogen-bond donors (Lipinski definition) is 3. The van der Waals surface area contributed by atoms with Crippen LogP contribution in [0, 0.1) is 19.7 Å². The molecule has 1 aliphatic heterocycles. The molecule has 0 spiro atoms. The Kier molecular flexibility index (Phi) is 7.61. The topological polar surface area (TPSA) is 99.5 Å². The number of hydrogen-bond acceptors (Lipinski definition) is 4. The molecule has 0 saturated carbocycles. The van der Waals surface area contributed by atoms with Gasteiger partial charge in [0.2, 0.25) is 5.91 Å². The Morgan fingerprint density at radius 3 is 2.55 bits per heavy atom. The summed E-state index contributed by atoms with van der Waals surface area (Å²) in [5, 5.41) is 16.2. The largest absolute Gasteiger partial charge is 0.478 e. The summed E-state index contributed by atoms with van der Waals surface area (Å²) < 4.78 is 15.3. The third kappa shape index (κ3) is 5.43. The molecule has 0 unspecified atom stereocenters. The van der Waals surface area contributed by atoms with E-state index in [-0.39, 0.29) is 35.8 Å². The number of benzene rings is 2. The van der Waals surface area contributed by atoms with Gasteiger partial charge in [-0.05, 0) is 92.3 Å². The van der Waals surface area contributed by atoms with Crippen LogP contribution in [0.4, 0.5) is 10.1 Å². The number of nitrogens with zero attached hydrogens (tertiary/aromatic N) is 3. The third-order valence-electron chi connectivity index (χ3n) is 7.05. The van der Waals surface area contributed by atoms with Gasteiger partial charge in [0.05, 0.1) is 23.3 Å². The van der Waals surface area contributed by atoms with Crippen molar-refractivity contribution in [1.29, 1.82) is 0 Å². The Hall–Kier alpha value is -4.57. The minimum Gasteiger partial charge on any atom is -0.478 e. The molecule has 2 aromatic carbocycles. The zero-order valence-corrected chi connectivity index (χ0v) is 22.8. The fraction of sp³-hybridized carbons (Fsp3) is 0.200. The average molecular weight is 558 g/mol. The Morgan fingerprint density at radius 1 is 1.07 bits per heavy atom. The molecule has 8 nitrogen and oxygen atoms in total. The van der Waals surface area contributed by atoms with E-state index in [0.29, 0.717) is 17.3 Å². The summed E-state index contributed by atoms with van der Waals surface area (Å²) in [6.07, 6.45) is 1.89. The second-order valence-corrected chi connectivity index (χ2v) is 10.0. The van der Waals surface area contributed by atoms with Gasteiger partial charge in [0.1, 0.15) is 5.82 Å². The Labute approximate surface area is 236 Å². The van der Waals surface area contributed by atoms with Crippen LogP contribution in [-0.4, -0.2) is 43.1 Å². The van der Waals surface area contributed by atoms with Crippen LogP contribution in [0.5, 0.6) is 0 Å². The smallest absolute Gasteiger partial charge is 0.335 e. The number of carboxylic acids is 1. The predicted octanol–water partition coefficient (Wildman–Crippen LogP) is 5.33. The molecule has 3 N–H and O–H groups in total. The van der Waals surface area contributed by atoms with Crippen molar-refractivity contribution in [3.63, 3.8) is 0 Å². The van der Waals surface area contributed by atoms with Gasteiger partial charge in [-0.2, -0.15) is 0 Å². The number of aryl methyl sites for hydroxylation is 1. The van der Waals surface area contributed by atoms with Crippen molar-refractivity contribution in [2.75, 3.05) is 11.9 Å². The molecule has 0 aliphatic carbocycles. The molecular weight excluding hydrogens is 529 g/mol. The number of aromatic nitrogens is 2. The van der Waals surface area contributed by atoms with Crippen LogP contribution in [0.1, 0.15) is 51.5 Å². The predicted molar refractivity (Wildman–Crippen MR) is 154 cm³/mol. The van der Waals surface area contributed by atoms with Crippen molar-refractivity contribution in [3.05, 3.63) is 113 Å². The van der Waals surface area contributed by atoms with Crippen LogP contribution in [0.3, 0.4) is 0 Å². The fourth-order valence-electron chi connectivity index (χ4n) is 5.23. The summed E-state index contributed by atoms with van der Waals surface area (Å²) in [5.41, 5.74) is 5.12. The highest BCUT2D eigenvalue weighted by atomic mass is 32.1. The Morgan fingerprint density at radius 2 is 1.85 bits per heavy atom. The van der Waals surface area contributed by atoms with E-state index in [1.807, 2.05) is 47.6 Å². The second-order valence-electron chi connectivity index (χ2n) is 9.64. The van der Waals surface area contributed by atoms with Gasteiger partial charge in [-0.1, -0.05) is 12.1 Å². The lowest BCUT2D eigenvalue weighted by molar-refractivity contribution is -0.116. The number of carbonyl (C=O) groups excluding carboxylic acids is 1. The molecule has 1 saturated heterocycles. The number of pyridine rings is 1. The molecular formula is C30H28FN5O3S. The molecule has 10 heteroatoms. The summed E-state index contributed by atoms with van der Waals surface area (Å²) in [6.45, 7) is 4.30. The lowest BCUT2D eigenvalue weighted by Crippen LogP contribution is -2.32. The van der Waals surface area contributed by atoms with E-state index in [1.54, 1.807) is 24.4 Å². The lowest BCUT2D eigenvalue weighted by atomic mass is 9.96. The van der Waals surface area contributed by atoms with Gasteiger partial charge in [-0.3, -0.25) is 9.78 Å². The van der Waals surface area contributed by atoms with Crippen molar-refractivity contribution in [3.8, 4) is 5.69 Å². The van der Waals surface area contributed by atoms with E-state index in [9.17, 15) is 19.1 Å². The molecule has 1 aliphatic rings. The van der Waals surface area contributed by atoms with Gasteiger partial charge in [-0.15, -0.1) is 0 Å². The molecule has 0 bridgehead atoms. The van der Waals surface area contributed by atoms with Crippen LogP contribution < -0.4 is 10.6 Å². The number of rotatable bonds is 8. The average Bonchev–Trinajstić information content (AvgIpc) is 3.43. The van der Waals surface area contributed by atoms with E-state index < -0.39 is 5.97 Å². The third-order valence-corrected chi connectivity index (χ3v) is 7.40. The minimum absolute atomic E-state index is 0.157. The molecule has 3 heterocycles. The number of carboxylic acid groups (broad SMARTS) is 1. The van der Waals surface area contributed by atoms with E-state index in [0.717, 1.165) is 28.3 Å². The first kappa shape index (κ1) is 27.0. The summed E-state index contributed by atoms with van der Waals surface area (Å²) in [5.74, 6) is -1.58. The normalized spacial score (nSPS) is 16.6. The molecule has 5 rings (SSSR count). The van der Waals surface area contributed by atoms with E-state index >= 15 is 0 Å². The number of nitrogens with one attached hydrogen (secondary N) is 2. The highest BCUT2D eigenvalue weighted by molar-refractivity contribution is 7.80. The molecule has 1 amide bonds. The Bertz CT molecular complexity index is 1570. The molecule has 2 atom stereocenters. The van der Waals surface area contributed by atoms with Crippen LogP contribution in [0.25, 0.3) is 5.69 Å². The lowest BCUT2D eigenvalue weighted by Gasteiger charge is -2.28. The first-order valence-electron chi connectivity index (χ1n) is 12.8. The molecule has 204 valence electrons. The molecule has 40 heavy (non-hydrogen) atoms. The maximum Gasteiger partial charge on any atom is 0.335 e. The van der Waals surface area contributed by atoms with Crippen LogP contribution in [-0.2, 0) is 4.79 Å². The molecule has 0 radical (unpaired) electrons. The van der Waals surface area contributed by atoms with Gasteiger partial charge in [0, 0.05) is 41.9 Å². The van der Waals surface area contributed by atoms with Gasteiger partial charge in [-0.25, -0.2) is 9.18 Å². The summed E-state index contributed by atoms with van der Waals surface area (Å²) in [7, 11) is 0.